The third-order valence-corrected chi connectivity index (χ3v) is 1.65. The number of rotatable bonds is 3. The fourth-order valence-corrected chi connectivity index (χ4v) is 1.10. The molecule has 1 aromatic carbocycles. The van der Waals surface area contributed by atoms with Crippen LogP contribution in [0.4, 0.5) is 0 Å². The van der Waals surface area contributed by atoms with Gasteiger partial charge < -0.3 is 11.5 Å². The van der Waals surface area contributed by atoms with Gasteiger partial charge >= 0.3 is 0 Å². The van der Waals surface area contributed by atoms with Crippen molar-refractivity contribution >= 4 is 24.2 Å². The zero-order chi connectivity index (χ0) is 9.84. The number of benzene rings is 1. The molecule has 76 valence electrons. The summed E-state index contributed by atoms with van der Waals surface area (Å²) in [5.74, 6) is -1.02. The fraction of sp³-hybridized carbons (Fsp3) is 0.111. The highest BCUT2D eigenvalue weighted by Crippen LogP contribution is 2.07. The molecule has 0 spiro atoms. The van der Waals surface area contributed by atoms with Crippen molar-refractivity contribution < 1.29 is 9.59 Å². The Morgan fingerprint density at radius 3 is 2.21 bits per heavy atom. The fourth-order valence-electron chi connectivity index (χ4n) is 1.10. The summed E-state index contributed by atoms with van der Waals surface area (Å²) in [6, 6.07) is 6.64. The van der Waals surface area contributed by atoms with Gasteiger partial charge in [-0.3, -0.25) is 9.59 Å². The van der Waals surface area contributed by atoms with Crippen molar-refractivity contribution in [2.75, 3.05) is 0 Å². The number of nitrogens with two attached hydrogens (primary N) is 2. The van der Waals surface area contributed by atoms with E-state index in [2.05, 4.69) is 0 Å². The van der Waals surface area contributed by atoms with Crippen molar-refractivity contribution in [3.05, 3.63) is 35.4 Å². The van der Waals surface area contributed by atoms with E-state index in [1.807, 2.05) is 0 Å². The lowest BCUT2D eigenvalue weighted by Crippen LogP contribution is -2.19. The maximum Gasteiger partial charge on any atom is 0.248 e. The van der Waals surface area contributed by atoms with Gasteiger partial charge in [0.15, 0.2) is 0 Å². The summed E-state index contributed by atoms with van der Waals surface area (Å²) in [6.45, 7) is 0. The summed E-state index contributed by atoms with van der Waals surface area (Å²) in [5, 5.41) is 0. The van der Waals surface area contributed by atoms with Crippen molar-refractivity contribution in [3.63, 3.8) is 0 Å². The Labute approximate surface area is 87.7 Å². The van der Waals surface area contributed by atoms with Gasteiger partial charge in [-0.25, -0.2) is 0 Å². The lowest BCUT2D eigenvalue weighted by Gasteiger charge is -2.02. The van der Waals surface area contributed by atoms with E-state index in [0.717, 1.165) is 0 Å². The molecule has 5 heteroatoms. The first-order valence-corrected chi connectivity index (χ1v) is 3.77. The van der Waals surface area contributed by atoms with Gasteiger partial charge in [-0.15, -0.1) is 12.4 Å². The summed E-state index contributed by atoms with van der Waals surface area (Å²) in [4.78, 5) is 21.5. The molecule has 0 radical (unpaired) electrons. The van der Waals surface area contributed by atoms with Gasteiger partial charge in [0.2, 0.25) is 11.8 Å². The molecule has 0 atom stereocenters. The van der Waals surface area contributed by atoms with E-state index in [-0.39, 0.29) is 18.8 Å². The Bertz CT molecular complexity index is 352. The van der Waals surface area contributed by atoms with Gasteiger partial charge in [0, 0.05) is 5.56 Å². The van der Waals surface area contributed by atoms with Crippen molar-refractivity contribution in [1.29, 1.82) is 0 Å². The quantitative estimate of drug-likeness (QED) is 0.755. The second-order valence-electron chi connectivity index (χ2n) is 2.66. The van der Waals surface area contributed by atoms with Crippen LogP contribution < -0.4 is 11.5 Å². The van der Waals surface area contributed by atoms with Crippen molar-refractivity contribution in [3.8, 4) is 0 Å². The summed E-state index contributed by atoms with van der Waals surface area (Å²) in [5.41, 5.74) is 11.0. The SMILES string of the molecule is Cl.NC(=O)Cc1ccccc1C(N)=O. The van der Waals surface area contributed by atoms with Gasteiger partial charge in [-0.2, -0.15) is 0 Å². The normalized spacial score (nSPS) is 8.86. The van der Waals surface area contributed by atoms with Crippen LogP contribution in [0.5, 0.6) is 0 Å². The maximum atomic E-state index is 10.9. The molecule has 0 aliphatic carbocycles. The number of carbonyl (C=O) groups is 2. The second kappa shape index (κ2) is 5.24. The Balaban J connectivity index is 0.00000169. The Kier molecular flexibility index (Phi) is 4.66. The van der Waals surface area contributed by atoms with E-state index >= 15 is 0 Å². The van der Waals surface area contributed by atoms with Gasteiger partial charge in [-0.1, -0.05) is 18.2 Å². The Morgan fingerprint density at radius 2 is 1.71 bits per heavy atom. The van der Waals surface area contributed by atoms with Crippen LogP contribution in [0.25, 0.3) is 0 Å². The molecule has 0 aliphatic rings. The molecule has 0 unspecified atom stereocenters. The molecule has 1 rings (SSSR count). The molecular formula is C9H11ClN2O2. The predicted octanol–water partition coefficient (Wildman–Crippen LogP) is 0.235. The molecular weight excluding hydrogens is 204 g/mol. The molecule has 2 amide bonds. The van der Waals surface area contributed by atoms with E-state index in [9.17, 15) is 9.59 Å². The van der Waals surface area contributed by atoms with Crippen LogP contribution in [0.3, 0.4) is 0 Å². The standard InChI is InChI=1S/C9H10N2O2.ClH/c10-8(12)5-6-3-1-2-4-7(6)9(11)13;/h1-4H,5H2,(H2,10,12)(H2,11,13);1H. The van der Waals surface area contributed by atoms with E-state index in [1.165, 1.54) is 0 Å². The van der Waals surface area contributed by atoms with Gasteiger partial charge in [-0.05, 0) is 11.6 Å². The highest BCUT2D eigenvalue weighted by Gasteiger charge is 2.08. The molecule has 0 saturated carbocycles. The molecule has 0 heterocycles. The summed E-state index contributed by atoms with van der Waals surface area (Å²) >= 11 is 0. The molecule has 1 aromatic rings. The van der Waals surface area contributed by atoms with E-state index in [1.54, 1.807) is 24.3 Å². The molecule has 0 saturated heterocycles. The number of hydrogen-bond donors (Lipinski definition) is 2. The number of halogens is 1. The van der Waals surface area contributed by atoms with Crippen LogP contribution in [0.1, 0.15) is 15.9 Å². The van der Waals surface area contributed by atoms with Crippen molar-refractivity contribution in [1.82, 2.24) is 0 Å². The van der Waals surface area contributed by atoms with E-state index in [4.69, 9.17) is 11.5 Å². The molecule has 0 fully saturated rings. The Morgan fingerprint density at radius 1 is 1.14 bits per heavy atom. The first kappa shape index (κ1) is 12.4. The molecule has 14 heavy (non-hydrogen) atoms. The first-order valence-electron chi connectivity index (χ1n) is 3.77. The van der Waals surface area contributed by atoms with Gasteiger partial charge in [0.25, 0.3) is 0 Å². The smallest absolute Gasteiger partial charge is 0.248 e. The minimum absolute atomic E-state index is 0. The van der Waals surface area contributed by atoms with Crippen LogP contribution >= 0.6 is 12.4 Å². The molecule has 0 aromatic heterocycles. The van der Waals surface area contributed by atoms with Crippen molar-refractivity contribution in [2.24, 2.45) is 11.5 Å². The highest BCUT2D eigenvalue weighted by molar-refractivity contribution is 5.95. The first-order chi connectivity index (χ1) is 6.11. The maximum absolute atomic E-state index is 10.9. The van der Waals surface area contributed by atoms with E-state index in [0.29, 0.717) is 11.1 Å². The second-order valence-corrected chi connectivity index (χ2v) is 2.66. The van der Waals surface area contributed by atoms with Crippen LogP contribution in [0.2, 0.25) is 0 Å². The minimum atomic E-state index is -0.545. The molecule has 4 N–H and O–H groups in total. The topological polar surface area (TPSA) is 86.2 Å². The summed E-state index contributed by atoms with van der Waals surface area (Å²) in [6.07, 6.45) is 0.0408. The Hall–Kier alpha value is -1.55. The monoisotopic (exact) mass is 214 g/mol. The van der Waals surface area contributed by atoms with Crippen LogP contribution in [0, 0.1) is 0 Å². The number of amides is 2. The minimum Gasteiger partial charge on any atom is -0.369 e. The highest BCUT2D eigenvalue weighted by atomic mass is 35.5. The average Bonchev–Trinajstić information content (AvgIpc) is 2.03. The largest absolute Gasteiger partial charge is 0.369 e. The lowest BCUT2D eigenvalue weighted by molar-refractivity contribution is -0.117. The third-order valence-electron chi connectivity index (χ3n) is 1.65. The molecule has 0 aliphatic heterocycles. The summed E-state index contributed by atoms with van der Waals surface area (Å²) in [7, 11) is 0. The van der Waals surface area contributed by atoms with Crippen LogP contribution in [-0.2, 0) is 11.2 Å². The summed E-state index contributed by atoms with van der Waals surface area (Å²) < 4.78 is 0. The van der Waals surface area contributed by atoms with E-state index < -0.39 is 11.8 Å². The predicted molar refractivity (Wildman–Crippen MR) is 55.1 cm³/mol. The number of primary amides is 2. The van der Waals surface area contributed by atoms with Gasteiger partial charge in [0.1, 0.15) is 0 Å². The molecule has 4 nitrogen and oxygen atoms in total. The third kappa shape index (κ3) is 3.06. The number of carbonyl (C=O) groups excluding carboxylic acids is 2. The lowest BCUT2D eigenvalue weighted by atomic mass is 10.0. The van der Waals surface area contributed by atoms with Gasteiger partial charge in [0.05, 0.1) is 6.42 Å². The van der Waals surface area contributed by atoms with Crippen LogP contribution in [0.15, 0.2) is 24.3 Å². The zero-order valence-electron chi connectivity index (χ0n) is 7.40. The number of hydrogen-bond acceptors (Lipinski definition) is 2. The van der Waals surface area contributed by atoms with Crippen LogP contribution in [-0.4, -0.2) is 11.8 Å². The average molecular weight is 215 g/mol. The zero-order valence-corrected chi connectivity index (χ0v) is 8.21. The molecule has 0 bridgehead atoms. The van der Waals surface area contributed by atoms with Crippen molar-refractivity contribution in [2.45, 2.75) is 6.42 Å².